The fraction of sp³-hybridized carbons (Fsp3) is 0.281. The van der Waals surface area contributed by atoms with Crippen LogP contribution in [0.4, 0.5) is 14.6 Å². The van der Waals surface area contributed by atoms with Gasteiger partial charge in [0.25, 0.3) is 0 Å². The van der Waals surface area contributed by atoms with Gasteiger partial charge in [-0.1, -0.05) is 54.1 Å². The van der Waals surface area contributed by atoms with Crippen LogP contribution < -0.4 is 4.90 Å². The van der Waals surface area contributed by atoms with E-state index in [1.807, 2.05) is 62.4 Å². The van der Waals surface area contributed by atoms with E-state index < -0.39 is 16.9 Å². The molecule has 0 aliphatic carbocycles. The zero-order valence-electron chi connectivity index (χ0n) is 23.3. The van der Waals surface area contributed by atoms with E-state index >= 15 is 4.39 Å². The van der Waals surface area contributed by atoms with Gasteiger partial charge in [0.1, 0.15) is 24.0 Å². The van der Waals surface area contributed by atoms with Gasteiger partial charge in [0.05, 0.1) is 35.6 Å². The van der Waals surface area contributed by atoms with Gasteiger partial charge < -0.3 is 9.64 Å². The molecule has 1 fully saturated rings. The van der Waals surface area contributed by atoms with Crippen molar-refractivity contribution in [3.8, 4) is 16.9 Å². The maximum Gasteiger partial charge on any atom is 0.242 e. The molecule has 0 bridgehead atoms. The molecule has 216 valence electrons. The first kappa shape index (κ1) is 28.1. The van der Waals surface area contributed by atoms with Gasteiger partial charge in [-0.15, -0.1) is 11.8 Å². The number of amides is 2. The molecule has 4 aromatic rings. The van der Waals surface area contributed by atoms with Crippen molar-refractivity contribution in [2.45, 2.75) is 19.1 Å². The number of anilines is 1. The highest BCUT2D eigenvalue weighted by Crippen LogP contribution is 2.49. The number of carbonyl (C=O) groups excluding carboxylic acids is 2. The molecule has 2 aliphatic heterocycles. The number of nitrogens with zero attached hydrogens (tertiary/aromatic N) is 4. The number of aryl methyl sites for hydroxylation is 2. The van der Waals surface area contributed by atoms with E-state index in [0.29, 0.717) is 43.4 Å². The number of aromatic nitrogens is 2. The third-order valence-corrected chi connectivity index (χ3v) is 8.86. The van der Waals surface area contributed by atoms with Crippen molar-refractivity contribution in [3.05, 3.63) is 101 Å². The Kier molecular flexibility index (Phi) is 7.83. The number of thioether (sulfide) groups is 1. The van der Waals surface area contributed by atoms with Gasteiger partial charge in [-0.2, -0.15) is 5.10 Å². The molecule has 1 saturated heterocycles. The molecular formula is C32H30F2N4O3S. The Morgan fingerprint density at radius 3 is 2.50 bits per heavy atom. The first-order valence-corrected chi connectivity index (χ1v) is 14.8. The highest BCUT2D eigenvalue weighted by molar-refractivity contribution is 8.00. The summed E-state index contributed by atoms with van der Waals surface area (Å²) in [5.41, 5.74) is 4.90. The van der Waals surface area contributed by atoms with Crippen LogP contribution in [0.25, 0.3) is 16.9 Å². The lowest BCUT2D eigenvalue weighted by Gasteiger charge is -2.30. The molecular weight excluding hydrogens is 558 g/mol. The van der Waals surface area contributed by atoms with Crippen LogP contribution in [0.1, 0.15) is 27.5 Å². The molecule has 0 spiro atoms. The molecule has 1 atom stereocenters. The Labute approximate surface area is 247 Å². The summed E-state index contributed by atoms with van der Waals surface area (Å²) < 4.78 is 36.6. The number of halogens is 2. The van der Waals surface area contributed by atoms with Gasteiger partial charge in [-0.25, -0.2) is 13.5 Å². The molecule has 1 unspecified atom stereocenters. The number of morpholine rings is 1. The average Bonchev–Trinajstić information content (AvgIpc) is 3.31. The van der Waals surface area contributed by atoms with Crippen molar-refractivity contribution >= 4 is 29.4 Å². The standard InChI is InChI=1S/C32H30F2N4O3S/c1-20-8-11-26(21(2)16-20)38-32-29(30(35-38)22-6-4-3-5-7-22)31(24-10-9-23(33)17-25(24)34)42-19-28(40)37(32)18-27(39)36-12-14-41-15-13-36/h3-11,16-17,31H,12-15,18-19H2,1-2H3. The molecule has 3 aromatic carbocycles. The smallest absolute Gasteiger partial charge is 0.242 e. The van der Waals surface area contributed by atoms with E-state index in [2.05, 4.69) is 0 Å². The molecule has 6 rings (SSSR count). The summed E-state index contributed by atoms with van der Waals surface area (Å²) in [6.45, 7) is 5.52. The van der Waals surface area contributed by atoms with Crippen LogP contribution in [0, 0.1) is 25.5 Å². The topological polar surface area (TPSA) is 67.7 Å². The lowest BCUT2D eigenvalue weighted by Crippen LogP contribution is -2.48. The van der Waals surface area contributed by atoms with E-state index in [9.17, 15) is 14.0 Å². The molecule has 1 aromatic heterocycles. The fourth-order valence-corrected chi connectivity index (χ4v) is 6.77. The van der Waals surface area contributed by atoms with Crippen molar-refractivity contribution in [1.82, 2.24) is 14.7 Å². The van der Waals surface area contributed by atoms with Crippen molar-refractivity contribution in [2.24, 2.45) is 0 Å². The lowest BCUT2D eigenvalue weighted by molar-refractivity contribution is -0.134. The SMILES string of the molecule is Cc1ccc(-n2nc(-c3ccccc3)c3c2N(CC(=O)N2CCOCC2)C(=O)CSC3c2ccc(F)cc2F)c(C)c1. The summed E-state index contributed by atoms with van der Waals surface area (Å²) in [5, 5.41) is 4.37. The van der Waals surface area contributed by atoms with Crippen LogP contribution in [-0.4, -0.2) is 65.1 Å². The zero-order chi connectivity index (χ0) is 29.4. The largest absolute Gasteiger partial charge is 0.378 e. The van der Waals surface area contributed by atoms with E-state index in [0.717, 1.165) is 28.4 Å². The minimum absolute atomic E-state index is 0.00629. The summed E-state index contributed by atoms with van der Waals surface area (Å²) in [6, 6.07) is 18.9. The van der Waals surface area contributed by atoms with Gasteiger partial charge in [0, 0.05) is 35.8 Å². The Morgan fingerprint density at radius 2 is 1.79 bits per heavy atom. The molecule has 2 amide bonds. The number of benzene rings is 3. The fourth-order valence-electron chi connectivity index (χ4n) is 5.55. The number of rotatable bonds is 5. The quantitative estimate of drug-likeness (QED) is 0.310. The van der Waals surface area contributed by atoms with Gasteiger partial charge in [0.15, 0.2) is 0 Å². The van der Waals surface area contributed by atoms with E-state index in [1.54, 1.807) is 9.58 Å². The van der Waals surface area contributed by atoms with Crippen LogP contribution >= 0.6 is 11.8 Å². The lowest BCUT2D eigenvalue weighted by atomic mass is 9.99. The predicted molar refractivity (Wildman–Crippen MR) is 159 cm³/mol. The van der Waals surface area contributed by atoms with Gasteiger partial charge in [-0.05, 0) is 31.5 Å². The Bertz CT molecular complexity index is 1650. The summed E-state index contributed by atoms with van der Waals surface area (Å²) in [7, 11) is 0. The molecule has 0 radical (unpaired) electrons. The van der Waals surface area contributed by atoms with E-state index in [4.69, 9.17) is 9.84 Å². The van der Waals surface area contributed by atoms with Crippen LogP contribution in [0.3, 0.4) is 0 Å². The second-order valence-electron chi connectivity index (χ2n) is 10.5. The normalized spacial score (nSPS) is 17.2. The van der Waals surface area contributed by atoms with Crippen molar-refractivity contribution in [3.63, 3.8) is 0 Å². The van der Waals surface area contributed by atoms with Crippen LogP contribution in [-0.2, 0) is 14.3 Å². The summed E-state index contributed by atoms with van der Waals surface area (Å²) >= 11 is 1.25. The van der Waals surface area contributed by atoms with Gasteiger partial charge >= 0.3 is 0 Å². The van der Waals surface area contributed by atoms with Gasteiger partial charge in [-0.3, -0.25) is 14.5 Å². The van der Waals surface area contributed by atoms with Crippen LogP contribution in [0.5, 0.6) is 0 Å². The Morgan fingerprint density at radius 1 is 1.02 bits per heavy atom. The molecule has 3 heterocycles. The number of fused-ring (bicyclic) bond motifs is 1. The second kappa shape index (κ2) is 11.7. The zero-order valence-corrected chi connectivity index (χ0v) is 24.2. The Hall–Kier alpha value is -4.02. The minimum atomic E-state index is -0.706. The van der Waals surface area contributed by atoms with Crippen molar-refractivity contribution in [1.29, 1.82) is 0 Å². The minimum Gasteiger partial charge on any atom is -0.378 e. The molecule has 7 nitrogen and oxygen atoms in total. The molecule has 2 aliphatic rings. The third-order valence-electron chi connectivity index (χ3n) is 7.62. The second-order valence-corrected chi connectivity index (χ2v) is 11.6. The number of carbonyl (C=O) groups is 2. The molecule has 0 saturated carbocycles. The predicted octanol–water partition coefficient (Wildman–Crippen LogP) is 5.46. The van der Waals surface area contributed by atoms with Crippen LogP contribution in [0.2, 0.25) is 0 Å². The first-order chi connectivity index (χ1) is 20.3. The van der Waals surface area contributed by atoms with E-state index in [1.165, 1.54) is 28.8 Å². The van der Waals surface area contributed by atoms with Gasteiger partial charge in [0.2, 0.25) is 11.8 Å². The number of hydrogen-bond donors (Lipinski definition) is 0. The molecule has 42 heavy (non-hydrogen) atoms. The summed E-state index contributed by atoms with van der Waals surface area (Å²) in [5.74, 6) is -1.48. The monoisotopic (exact) mass is 588 g/mol. The first-order valence-electron chi connectivity index (χ1n) is 13.8. The molecule has 0 N–H and O–H groups in total. The van der Waals surface area contributed by atoms with E-state index in [-0.39, 0.29) is 29.7 Å². The summed E-state index contributed by atoms with van der Waals surface area (Å²) in [6.07, 6.45) is 0. The third kappa shape index (κ3) is 5.32. The number of hydrogen-bond acceptors (Lipinski definition) is 5. The maximum atomic E-state index is 15.4. The van der Waals surface area contributed by atoms with Crippen molar-refractivity contribution < 1.29 is 23.1 Å². The van der Waals surface area contributed by atoms with Crippen molar-refractivity contribution in [2.75, 3.05) is 43.5 Å². The highest BCUT2D eigenvalue weighted by atomic mass is 32.2. The highest BCUT2D eigenvalue weighted by Gasteiger charge is 2.39. The maximum absolute atomic E-state index is 15.4. The summed E-state index contributed by atoms with van der Waals surface area (Å²) in [4.78, 5) is 30.6. The van der Waals surface area contributed by atoms with Crippen LogP contribution in [0.15, 0.2) is 66.7 Å². The molecule has 10 heteroatoms. The average molecular weight is 589 g/mol. The number of ether oxygens (including phenoxy) is 1. The Balaban J connectivity index is 1.62.